The SMILES string of the molecule is Cc1sc(C(=O)c2cncnc2N[C@@H]2C[C@H](COS(N)(=O)=O)[C@@H](O)C2)cc1[C@@H]1NCCc2ccc(Cl)cc21.O=C(O)C(=O)O. The van der Waals surface area contributed by atoms with Gasteiger partial charge in [0.15, 0.2) is 0 Å². The van der Waals surface area contributed by atoms with Crippen molar-refractivity contribution in [2.24, 2.45) is 11.1 Å². The number of anilines is 1. The second-order valence-electron chi connectivity index (χ2n) is 10.2. The van der Waals surface area contributed by atoms with Gasteiger partial charge in [-0.3, -0.25) is 8.98 Å². The number of ketones is 1. The van der Waals surface area contributed by atoms with Crippen molar-refractivity contribution < 1.29 is 42.3 Å². The van der Waals surface area contributed by atoms with Crippen molar-refractivity contribution in [2.75, 3.05) is 18.5 Å². The molecule has 1 aromatic carbocycles. The number of nitrogens with zero attached hydrogens (tertiary/aromatic N) is 2. The molecule has 14 nitrogen and oxygen atoms in total. The number of nitrogens with one attached hydrogen (secondary N) is 2. The molecule has 2 aliphatic rings. The van der Waals surface area contributed by atoms with Crippen molar-refractivity contribution >= 4 is 56.8 Å². The minimum absolute atomic E-state index is 0.0590. The van der Waals surface area contributed by atoms with E-state index in [1.165, 1.54) is 29.4 Å². The number of carboxylic acid groups (broad SMARTS) is 2. The normalized spacial score (nSPS) is 21.1. The molecule has 2 aromatic heterocycles. The van der Waals surface area contributed by atoms with Crippen molar-refractivity contribution in [2.45, 2.75) is 44.4 Å². The largest absolute Gasteiger partial charge is 0.473 e. The van der Waals surface area contributed by atoms with Gasteiger partial charge in [-0.05, 0) is 61.1 Å². The Balaban J connectivity index is 0.000000670. The molecule has 0 bridgehead atoms. The standard InChI is InChI=1S/C25H28ClN5O5S2.C2H2O4/c1-13-18(23-19-7-16(26)3-2-14(19)4-5-29-23)9-22(37-13)24(33)20-10-28-12-30-25(20)31-17-6-15(21(32)8-17)11-36-38(27,34)35;3-1(4)2(5)6/h2-3,7,9-10,12,15,17,21,23,29,32H,4-6,8,11H2,1H3,(H2,27,34,35)(H,28,30,31);(H,3,4)(H,5,6)/t15-,17-,21+,23+;/m1./s1. The first-order valence-electron chi connectivity index (χ1n) is 13.3. The minimum atomic E-state index is -4.10. The number of aliphatic carboxylic acids is 2. The zero-order valence-electron chi connectivity index (χ0n) is 23.3. The Kier molecular flexibility index (Phi) is 10.7. The number of fused-ring (bicyclic) bond motifs is 1. The molecule has 5 rings (SSSR count). The molecule has 1 aliphatic carbocycles. The van der Waals surface area contributed by atoms with E-state index < -0.39 is 34.3 Å². The summed E-state index contributed by atoms with van der Waals surface area (Å²) < 4.78 is 26.9. The molecule has 0 unspecified atom stereocenters. The number of benzene rings is 1. The molecule has 1 saturated carbocycles. The quantitative estimate of drug-likeness (QED) is 0.149. The van der Waals surface area contributed by atoms with Crippen molar-refractivity contribution in [3.8, 4) is 0 Å². The average Bonchev–Trinajstić information content (AvgIpc) is 3.52. The molecule has 0 saturated heterocycles. The second-order valence-corrected chi connectivity index (χ2v) is 13.2. The topological polar surface area (TPSA) is 231 Å². The number of hydrogen-bond donors (Lipinski definition) is 6. The highest BCUT2D eigenvalue weighted by Gasteiger charge is 2.35. The maximum atomic E-state index is 13.6. The number of hydrogen-bond acceptors (Lipinski definition) is 12. The number of carboxylic acids is 2. The summed E-state index contributed by atoms with van der Waals surface area (Å²) in [6.07, 6.45) is 3.73. The van der Waals surface area contributed by atoms with Crippen molar-refractivity contribution in [3.05, 3.63) is 73.8 Å². The van der Waals surface area contributed by atoms with E-state index in [2.05, 4.69) is 30.9 Å². The van der Waals surface area contributed by atoms with Crippen LogP contribution in [-0.4, -0.2) is 76.7 Å². The Hall–Kier alpha value is -3.51. The number of carbonyl (C=O) groups excluding carboxylic acids is 1. The number of rotatable bonds is 8. The Labute approximate surface area is 261 Å². The van der Waals surface area contributed by atoms with Crippen LogP contribution in [0.15, 0.2) is 36.8 Å². The number of aryl methyl sites for hydroxylation is 1. The smallest absolute Gasteiger partial charge is 0.414 e. The lowest BCUT2D eigenvalue weighted by molar-refractivity contribution is -0.159. The van der Waals surface area contributed by atoms with E-state index in [1.54, 1.807) is 0 Å². The molecular formula is C27H30ClN5O9S2. The van der Waals surface area contributed by atoms with Crippen LogP contribution in [0.3, 0.4) is 0 Å². The Morgan fingerprint density at radius 2 is 1.91 bits per heavy atom. The summed E-state index contributed by atoms with van der Waals surface area (Å²) in [6, 6.07) is 7.57. The van der Waals surface area contributed by atoms with E-state index in [4.69, 9.17) is 36.5 Å². The maximum Gasteiger partial charge on any atom is 0.414 e. The third-order valence-corrected chi connectivity index (χ3v) is 9.00. The Morgan fingerprint density at radius 1 is 1.18 bits per heavy atom. The Bertz CT molecular complexity index is 1650. The van der Waals surface area contributed by atoms with Crippen LogP contribution in [0.25, 0.3) is 0 Å². The van der Waals surface area contributed by atoms with E-state index in [9.17, 15) is 18.3 Å². The van der Waals surface area contributed by atoms with E-state index >= 15 is 0 Å². The van der Waals surface area contributed by atoms with E-state index in [0.717, 1.165) is 29.0 Å². The van der Waals surface area contributed by atoms with Crippen LogP contribution in [0.4, 0.5) is 5.82 Å². The third kappa shape index (κ3) is 8.35. The molecule has 44 heavy (non-hydrogen) atoms. The predicted octanol–water partition coefficient (Wildman–Crippen LogP) is 1.89. The lowest BCUT2D eigenvalue weighted by Crippen LogP contribution is -2.30. The summed E-state index contributed by atoms with van der Waals surface area (Å²) in [7, 11) is -4.10. The number of nitrogens with two attached hydrogens (primary N) is 1. The molecular weight excluding hydrogens is 638 g/mol. The Morgan fingerprint density at radius 3 is 2.59 bits per heavy atom. The van der Waals surface area contributed by atoms with Crippen molar-refractivity contribution in [3.63, 3.8) is 0 Å². The molecule has 1 fully saturated rings. The number of aliphatic hydroxyl groups is 1. The first kappa shape index (κ1) is 33.4. The summed E-state index contributed by atoms with van der Waals surface area (Å²) >= 11 is 7.71. The van der Waals surface area contributed by atoms with Gasteiger partial charge in [0.1, 0.15) is 12.1 Å². The summed E-state index contributed by atoms with van der Waals surface area (Å²) in [5.41, 5.74) is 3.71. The van der Waals surface area contributed by atoms with E-state index in [-0.39, 0.29) is 24.5 Å². The molecule has 236 valence electrons. The second kappa shape index (κ2) is 14.1. The summed E-state index contributed by atoms with van der Waals surface area (Å²) in [6.45, 7) is 2.62. The molecule has 0 amide bonds. The van der Waals surface area contributed by atoms with Crippen LogP contribution in [-0.2, 0) is 30.5 Å². The van der Waals surface area contributed by atoms with Crippen molar-refractivity contribution in [1.29, 1.82) is 0 Å². The molecule has 17 heteroatoms. The van der Waals surface area contributed by atoms with Gasteiger partial charge >= 0.3 is 22.2 Å². The lowest BCUT2D eigenvalue weighted by Gasteiger charge is -2.27. The number of carbonyl (C=O) groups is 3. The van der Waals surface area contributed by atoms with Crippen molar-refractivity contribution in [1.82, 2.24) is 15.3 Å². The van der Waals surface area contributed by atoms with Gasteiger partial charge < -0.3 is 26.0 Å². The summed E-state index contributed by atoms with van der Waals surface area (Å²) in [5, 5.41) is 37.5. The van der Waals surface area contributed by atoms with Gasteiger partial charge in [-0.25, -0.2) is 24.7 Å². The fourth-order valence-corrected chi connectivity index (χ4v) is 6.77. The van der Waals surface area contributed by atoms with Gasteiger partial charge in [-0.1, -0.05) is 17.7 Å². The van der Waals surface area contributed by atoms with Gasteiger partial charge in [0.25, 0.3) is 0 Å². The highest BCUT2D eigenvalue weighted by Crippen LogP contribution is 2.37. The van der Waals surface area contributed by atoms with E-state index in [0.29, 0.717) is 34.1 Å². The monoisotopic (exact) mass is 667 g/mol. The highest BCUT2D eigenvalue weighted by molar-refractivity contribution is 7.84. The summed E-state index contributed by atoms with van der Waals surface area (Å²) in [4.78, 5) is 41.8. The molecule has 4 atom stereocenters. The predicted molar refractivity (Wildman–Crippen MR) is 160 cm³/mol. The molecule has 0 spiro atoms. The van der Waals surface area contributed by atoms with Crippen LogP contribution in [0.5, 0.6) is 0 Å². The zero-order chi connectivity index (χ0) is 32.2. The minimum Gasteiger partial charge on any atom is -0.473 e. The van der Waals surface area contributed by atoms with Gasteiger partial charge in [-0.2, -0.15) is 8.42 Å². The lowest BCUT2D eigenvalue weighted by atomic mass is 9.90. The molecule has 1 aliphatic heterocycles. The summed E-state index contributed by atoms with van der Waals surface area (Å²) in [5.74, 6) is -3.92. The molecule has 0 radical (unpaired) electrons. The number of aliphatic hydroxyl groups excluding tert-OH is 1. The number of aromatic nitrogens is 2. The number of thiophene rings is 1. The number of halogens is 1. The zero-order valence-corrected chi connectivity index (χ0v) is 25.7. The molecule has 3 aromatic rings. The van der Waals surface area contributed by atoms with Crippen LogP contribution in [0.1, 0.15) is 55.7 Å². The fraction of sp³-hybridized carbons (Fsp3) is 0.370. The first-order chi connectivity index (χ1) is 20.7. The van der Waals surface area contributed by atoms with E-state index in [1.807, 2.05) is 25.1 Å². The third-order valence-electron chi connectivity index (χ3n) is 7.24. The molecule has 7 N–H and O–H groups in total. The van der Waals surface area contributed by atoms with Gasteiger partial charge in [0.2, 0.25) is 5.78 Å². The molecule has 3 heterocycles. The first-order valence-corrected chi connectivity index (χ1v) is 15.9. The maximum absolute atomic E-state index is 13.6. The van der Waals surface area contributed by atoms with Crippen LogP contribution >= 0.6 is 22.9 Å². The van der Waals surface area contributed by atoms with Gasteiger partial charge in [0, 0.05) is 34.6 Å². The average molecular weight is 668 g/mol. The van der Waals surface area contributed by atoms with Gasteiger partial charge in [0.05, 0.1) is 29.2 Å². The van der Waals surface area contributed by atoms with Crippen LogP contribution in [0, 0.1) is 12.8 Å². The van der Waals surface area contributed by atoms with Crippen LogP contribution in [0.2, 0.25) is 5.02 Å². The van der Waals surface area contributed by atoms with Crippen LogP contribution < -0.4 is 15.8 Å². The van der Waals surface area contributed by atoms with Gasteiger partial charge in [-0.15, -0.1) is 11.3 Å². The highest BCUT2D eigenvalue weighted by atomic mass is 35.5. The fourth-order valence-electron chi connectivity index (χ4n) is 5.21.